The molecule has 1 fully saturated rings. The van der Waals surface area contributed by atoms with Crippen LogP contribution in [0.5, 0.6) is 0 Å². The van der Waals surface area contributed by atoms with Crippen LogP contribution in [0, 0.1) is 5.92 Å². The van der Waals surface area contributed by atoms with Gasteiger partial charge in [0.05, 0.1) is 22.2 Å². The number of rotatable bonds is 4. The quantitative estimate of drug-likeness (QED) is 0.457. The molecule has 4 aromatic rings. The van der Waals surface area contributed by atoms with Crippen molar-refractivity contribution in [2.75, 3.05) is 12.6 Å². The number of carbonyl (C=O) groups excluding carboxylic acids is 1. The number of para-hydroxylation sites is 1. The van der Waals surface area contributed by atoms with Crippen LogP contribution in [0.2, 0.25) is 5.02 Å². The number of imidazole rings is 1. The molecule has 0 radical (unpaired) electrons. The van der Waals surface area contributed by atoms with E-state index in [2.05, 4.69) is 19.8 Å². The Morgan fingerprint density at radius 1 is 1.32 bits per heavy atom. The Hall–Kier alpha value is -3.20. The molecule has 10 heteroatoms. The van der Waals surface area contributed by atoms with E-state index in [1.54, 1.807) is 4.52 Å². The van der Waals surface area contributed by atoms with Crippen molar-refractivity contribution < 1.29 is 13.9 Å². The molecule has 8 nitrogen and oxygen atoms in total. The van der Waals surface area contributed by atoms with Crippen LogP contribution in [0.15, 0.2) is 30.6 Å². The number of nitrogen functional groups attached to an aromatic ring is 1. The molecule has 0 bridgehead atoms. The zero-order valence-electron chi connectivity index (χ0n) is 16.5. The van der Waals surface area contributed by atoms with Gasteiger partial charge in [0, 0.05) is 11.3 Å². The van der Waals surface area contributed by atoms with Crippen LogP contribution in [0.1, 0.15) is 37.4 Å². The van der Waals surface area contributed by atoms with Crippen LogP contribution in [0.3, 0.4) is 0 Å². The van der Waals surface area contributed by atoms with E-state index in [9.17, 15) is 9.18 Å². The minimum Gasteiger partial charge on any atom is -0.434 e. The number of carbonyl (C=O) groups is 1. The van der Waals surface area contributed by atoms with Crippen molar-refractivity contribution in [2.24, 2.45) is 5.92 Å². The summed E-state index contributed by atoms with van der Waals surface area (Å²) < 4.78 is 18.6. The highest BCUT2D eigenvalue weighted by molar-refractivity contribution is 6.35. The summed E-state index contributed by atoms with van der Waals surface area (Å²) in [6.07, 6.45) is 4.05. The van der Waals surface area contributed by atoms with E-state index < -0.39 is 12.8 Å². The molecular weight excluding hydrogens is 423 g/mol. The normalized spacial score (nSPS) is 19.2. The van der Waals surface area contributed by atoms with E-state index in [1.165, 1.54) is 6.33 Å². The van der Waals surface area contributed by atoms with Gasteiger partial charge in [0.1, 0.15) is 23.4 Å². The summed E-state index contributed by atoms with van der Waals surface area (Å²) in [4.78, 5) is 24.3. The first-order chi connectivity index (χ1) is 15.1. The van der Waals surface area contributed by atoms with Gasteiger partial charge in [-0.3, -0.25) is 4.79 Å². The molecule has 0 unspecified atom stereocenters. The number of halogens is 2. The standard InChI is InChI=1S/C21H20ClFN6O2/c22-14-3-1-2-13-8-15(27-16(13)14)17-18-19(24)25-10-26-29(18)20(28-17)11-4-6-12(7-5-11)21(30)31-9-23/h1-3,8,10-12,27H,4-7,9H2,(H2,24,25,26). The fourth-order valence-electron chi connectivity index (χ4n) is 4.43. The number of benzene rings is 1. The minimum atomic E-state index is -1.09. The van der Waals surface area contributed by atoms with Crippen LogP contribution in [-0.4, -0.2) is 37.4 Å². The molecule has 0 aliphatic heterocycles. The van der Waals surface area contributed by atoms with Crippen molar-refractivity contribution in [3.05, 3.63) is 41.4 Å². The SMILES string of the molecule is Nc1ncnn2c(C3CCC(C(=O)OCF)CC3)nc(-c3cc4cccc(Cl)c4[nH]3)c12. The number of alkyl halides is 1. The fourth-order valence-corrected chi connectivity index (χ4v) is 4.66. The van der Waals surface area contributed by atoms with Gasteiger partial charge in [-0.2, -0.15) is 5.10 Å². The van der Waals surface area contributed by atoms with Crippen molar-refractivity contribution >= 4 is 39.8 Å². The van der Waals surface area contributed by atoms with Gasteiger partial charge in [0.25, 0.3) is 0 Å². The van der Waals surface area contributed by atoms with Crippen molar-refractivity contribution in [3.8, 4) is 11.4 Å². The number of fused-ring (bicyclic) bond motifs is 2. The third-order valence-corrected chi connectivity index (χ3v) is 6.28. The molecule has 1 aromatic carbocycles. The van der Waals surface area contributed by atoms with Gasteiger partial charge in [-0.25, -0.2) is 18.9 Å². The molecule has 160 valence electrons. The topological polar surface area (TPSA) is 111 Å². The molecule has 1 aliphatic rings. The molecule has 1 saturated carbocycles. The third kappa shape index (κ3) is 3.38. The summed E-state index contributed by atoms with van der Waals surface area (Å²) in [5, 5.41) is 5.99. The average Bonchev–Trinajstić information content (AvgIpc) is 3.37. The highest BCUT2D eigenvalue weighted by atomic mass is 35.5. The van der Waals surface area contributed by atoms with E-state index >= 15 is 0 Å². The molecule has 0 amide bonds. The first kappa shape index (κ1) is 19.7. The van der Waals surface area contributed by atoms with Crippen LogP contribution in [-0.2, 0) is 9.53 Å². The Bertz CT molecular complexity index is 1280. The molecular formula is C21H20ClFN6O2. The maximum atomic E-state index is 12.3. The predicted molar refractivity (Wildman–Crippen MR) is 114 cm³/mol. The number of nitrogens with one attached hydrogen (secondary N) is 1. The smallest absolute Gasteiger partial charge is 0.311 e. The second-order valence-electron chi connectivity index (χ2n) is 7.73. The lowest BCUT2D eigenvalue weighted by Crippen LogP contribution is -2.24. The van der Waals surface area contributed by atoms with Crippen molar-refractivity contribution in [1.29, 1.82) is 0 Å². The number of anilines is 1. The number of aromatic nitrogens is 5. The summed E-state index contributed by atoms with van der Waals surface area (Å²) in [6.45, 7) is -1.09. The van der Waals surface area contributed by atoms with E-state index in [4.69, 9.17) is 22.3 Å². The second-order valence-corrected chi connectivity index (χ2v) is 8.14. The number of aromatic amines is 1. The lowest BCUT2D eigenvalue weighted by atomic mass is 9.81. The highest BCUT2D eigenvalue weighted by Gasteiger charge is 2.32. The van der Waals surface area contributed by atoms with Gasteiger partial charge < -0.3 is 15.5 Å². The number of nitrogens with two attached hydrogens (primary N) is 1. The molecule has 0 spiro atoms. The molecule has 0 saturated heterocycles. The maximum absolute atomic E-state index is 12.3. The van der Waals surface area contributed by atoms with Gasteiger partial charge in [-0.1, -0.05) is 23.7 Å². The molecule has 3 aromatic heterocycles. The van der Waals surface area contributed by atoms with Crippen LogP contribution in [0.25, 0.3) is 27.8 Å². The first-order valence-corrected chi connectivity index (χ1v) is 10.4. The number of esters is 1. The first-order valence-electron chi connectivity index (χ1n) is 10.1. The summed E-state index contributed by atoms with van der Waals surface area (Å²) in [7, 11) is 0. The number of H-pyrrole nitrogens is 1. The summed E-state index contributed by atoms with van der Waals surface area (Å²) in [5.41, 5.74) is 9.08. The van der Waals surface area contributed by atoms with Crippen LogP contribution in [0.4, 0.5) is 10.2 Å². The van der Waals surface area contributed by atoms with Gasteiger partial charge in [-0.15, -0.1) is 0 Å². The summed E-state index contributed by atoms with van der Waals surface area (Å²) in [5.74, 6) is 0.414. The van der Waals surface area contributed by atoms with E-state index in [0.29, 0.717) is 47.7 Å². The number of hydrogen-bond donors (Lipinski definition) is 2. The van der Waals surface area contributed by atoms with Crippen molar-refractivity contribution in [1.82, 2.24) is 24.6 Å². The van der Waals surface area contributed by atoms with Crippen LogP contribution < -0.4 is 5.73 Å². The van der Waals surface area contributed by atoms with Crippen molar-refractivity contribution in [3.63, 3.8) is 0 Å². The van der Waals surface area contributed by atoms with E-state index in [0.717, 1.165) is 22.4 Å². The zero-order chi connectivity index (χ0) is 21.5. The van der Waals surface area contributed by atoms with Gasteiger partial charge in [-0.05, 0) is 37.8 Å². The second kappa shape index (κ2) is 7.81. The lowest BCUT2D eigenvalue weighted by Gasteiger charge is -2.25. The third-order valence-electron chi connectivity index (χ3n) is 5.97. The predicted octanol–water partition coefficient (Wildman–Crippen LogP) is 4.25. The molecule has 3 N–H and O–H groups in total. The molecule has 31 heavy (non-hydrogen) atoms. The molecule has 3 heterocycles. The van der Waals surface area contributed by atoms with Gasteiger partial charge >= 0.3 is 5.97 Å². The Labute approximate surface area is 181 Å². The van der Waals surface area contributed by atoms with Gasteiger partial charge in [0.2, 0.25) is 6.86 Å². The van der Waals surface area contributed by atoms with Crippen LogP contribution >= 0.6 is 11.6 Å². The summed E-state index contributed by atoms with van der Waals surface area (Å²) >= 11 is 6.33. The van der Waals surface area contributed by atoms with E-state index in [1.807, 2.05) is 24.3 Å². The van der Waals surface area contributed by atoms with E-state index in [-0.39, 0.29) is 11.8 Å². The Kier molecular flexibility index (Phi) is 4.97. The minimum absolute atomic E-state index is 0.0814. The Balaban J connectivity index is 1.54. The monoisotopic (exact) mass is 442 g/mol. The number of hydrogen-bond acceptors (Lipinski definition) is 6. The molecule has 1 aliphatic carbocycles. The molecule has 5 rings (SSSR count). The number of nitrogens with zero attached hydrogens (tertiary/aromatic N) is 4. The number of ether oxygens (including phenoxy) is 1. The fraction of sp³-hybridized carbons (Fsp3) is 0.333. The van der Waals surface area contributed by atoms with Crippen molar-refractivity contribution in [2.45, 2.75) is 31.6 Å². The average molecular weight is 443 g/mol. The van der Waals surface area contributed by atoms with Gasteiger partial charge in [0.15, 0.2) is 5.82 Å². The molecule has 0 atom stereocenters. The highest BCUT2D eigenvalue weighted by Crippen LogP contribution is 2.39. The Morgan fingerprint density at radius 3 is 2.87 bits per heavy atom. The zero-order valence-corrected chi connectivity index (χ0v) is 17.3. The summed E-state index contributed by atoms with van der Waals surface area (Å²) in [6, 6.07) is 7.66. The Morgan fingerprint density at radius 2 is 2.13 bits per heavy atom. The lowest BCUT2D eigenvalue weighted by molar-refractivity contribution is -0.153. The largest absolute Gasteiger partial charge is 0.434 e. The maximum Gasteiger partial charge on any atom is 0.311 e.